The third-order valence-corrected chi connectivity index (χ3v) is 5.50. The van der Waals surface area contributed by atoms with Crippen molar-refractivity contribution in [2.75, 3.05) is 33.2 Å². The number of hydrogen-bond donors (Lipinski definition) is 1. The first-order valence-corrected chi connectivity index (χ1v) is 9.23. The molecule has 1 aromatic heterocycles. The maximum absolute atomic E-state index is 4.46. The molecular weight excluding hydrogens is 302 g/mol. The predicted molar refractivity (Wildman–Crippen MR) is 96.0 cm³/mol. The summed E-state index contributed by atoms with van der Waals surface area (Å²) < 4.78 is 2.02. The van der Waals surface area contributed by atoms with E-state index in [9.17, 15) is 0 Å². The van der Waals surface area contributed by atoms with E-state index in [1.807, 2.05) is 25.6 Å². The lowest BCUT2D eigenvalue weighted by Crippen LogP contribution is -2.54. The molecule has 2 aliphatic rings. The third kappa shape index (κ3) is 3.88. The average molecular weight is 333 g/mol. The Balaban J connectivity index is 1.49. The summed E-state index contributed by atoms with van der Waals surface area (Å²) in [6, 6.07) is 0.817. The summed E-state index contributed by atoms with van der Waals surface area (Å²) in [5.41, 5.74) is 0. The minimum atomic E-state index is 0.660. The second kappa shape index (κ2) is 7.96. The summed E-state index contributed by atoms with van der Waals surface area (Å²) in [5, 5.41) is 11.8. The minimum absolute atomic E-state index is 0.660. The van der Waals surface area contributed by atoms with Gasteiger partial charge in [-0.25, -0.2) is 0 Å². The van der Waals surface area contributed by atoms with Crippen LogP contribution in [-0.4, -0.2) is 69.8 Å². The van der Waals surface area contributed by atoms with Crippen LogP contribution in [0.1, 0.15) is 43.8 Å². The molecule has 0 radical (unpaired) electrons. The molecule has 0 unspecified atom stereocenters. The molecule has 0 aromatic carbocycles. The molecule has 1 saturated heterocycles. The Hall–Kier alpha value is -1.63. The lowest BCUT2D eigenvalue weighted by Gasteiger charge is -2.41. The zero-order chi connectivity index (χ0) is 16.9. The Labute approximate surface area is 145 Å². The highest BCUT2D eigenvalue weighted by Crippen LogP contribution is 2.23. The van der Waals surface area contributed by atoms with Gasteiger partial charge in [0.1, 0.15) is 5.82 Å². The Morgan fingerprint density at radius 3 is 2.42 bits per heavy atom. The fourth-order valence-electron chi connectivity index (χ4n) is 3.84. The number of rotatable bonds is 3. The number of guanidine groups is 1. The van der Waals surface area contributed by atoms with Crippen molar-refractivity contribution in [3.8, 4) is 0 Å². The number of nitrogens with one attached hydrogen (secondary N) is 1. The van der Waals surface area contributed by atoms with Crippen molar-refractivity contribution in [3.63, 3.8) is 0 Å². The van der Waals surface area contributed by atoms with Gasteiger partial charge in [0.15, 0.2) is 11.8 Å². The quantitative estimate of drug-likeness (QED) is 0.664. The van der Waals surface area contributed by atoms with Crippen LogP contribution in [-0.2, 0) is 13.6 Å². The largest absolute Gasteiger partial charge is 0.349 e. The molecule has 1 N–H and O–H groups in total. The van der Waals surface area contributed by atoms with Crippen molar-refractivity contribution in [3.05, 3.63) is 11.6 Å². The van der Waals surface area contributed by atoms with Gasteiger partial charge in [0, 0.05) is 46.3 Å². The van der Waals surface area contributed by atoms with Gasteiger partial charge in [-0.3, -0.25) is 9.89 Å². The van der Waals surface area contributed by atoms with Crippen molar-refractivity contribution in [1.29, 1.82) is 0 Å². The monoisotopic (exact) mass is 333 g/mol. The van der Waals surface area contributed by atoms with E-state index in [-0.39, 0.29) is 0 Å². The number of aryl methyl sites for hydroxylation is 1. The zero-order valence-corrected chi connectivity index (χ0v) is 15.3. The van der Waals surface area contributed by atoms with Crippen LogP contribution < -0.4 is 5.32 Å². The molecule has 0 amide bonds. The van der Waals surface area contributed by atoms with Crippen LogP contribution in [0.25, 0.3) is 0 Å². The summed E-state index contributed by atoms with van der Waals surface area (Å²) in [7, 11) is 3.86. The first-order valence-electron chi connectivity index (χ1n) is 9.23. The summed E-state index contributed by atoms with van der Waals surface area (Å²) in [5.74, 6) is 2.84. The van der Waals surface area contributed by atoms with Gasteiger partial charge < -0.3 is 14.8 Å². The van der Waals surface area contributed by atoms with Crippen molar-refractivity contribution in [2.24, 2.45) is 12.0 Å². The Kier molecular flexibility index (Phi) is 5.71. The SMILES string of the molecule is CN=C(NCc1nnc(C)n1C)N1CCN(C2CCCCC2)CC1. The smallest absolute Gasteiger partial charge is 0.194 e. The fraction of sp³-hybridized carbons (Fsp3) is 0.824. The molecule has 7 nitrogen and oxygen atoms in total. The lowest BCUT2D eigenvalue weighted by atomic mass is 9.94. The number of hydrogen-bond acceptors (Lipinski definition) is 4. The lowest BCUT2D eigenvalue weighted by molar-refractivity contribution is 0.106. The first-order chi connectivity index (χ1) is 11.7. The number of aliphatic imine (C=N–C) groups is 1. The summed E-state index contributed by atoms with van der Waals surface area (Å²) >= 11 is 0. The van der Waals surface area contributed by atoms with Gasteiger partial charge in [-0.15, -0.1) is 10.2 Å². The molecule has 7 heteroatoms. The van der Waals surface area contributed by atoms with Gasteiger partial charge >= 0.3 is 0 Å². The van der Waals surface area contributed by atoms with Gasteiger partial charge in [0.2, 0.25) is 0 Å². The van der Waals surface area contributed by atoms with Crippen LogP contribution in [0.2, 0.25) is 0 Å². The van der Waals surface area contributed by atoms with E-state index in [4.69, 9.17) is 0 Å². The Morgan fingerprint density at radius 1 is 1.12 bits per heavy atom. The highest BCUT2D eigenvalue weighted by Gasteiger charge is 2.26. The number of nitrogens with zero attached hydrogens (tertiary/aromatic N) is 6. The zero-order valence-electron chi connectivity index (χ0n) is 15.3. The van der Waals surface area contributed by atoms with E-state index < -0.39 is 0 Å². The summed E-state index contributed by atoms with van der Waals surface area (Å²) in [6.07, 6.45) is 7.02. The van der Waals surface area contributed by atoms with E-state index in [1.54, 1.807) is 0 Å². The molecule has 3 rings (SSSR count). The predicted octanol–water partition coefficient (Wildman–Crippen LogP) is 1.15. The van der Waals surface area contributed by atoms with Crippen molar-refractivity contribution in [2.45, 2.75) is 51.6 Å². The highest BCUT2D eigenvalue weighted by atomic mass is 15.4. The van der Waals surface area contributed by atoms with Gasteiger partial charge in [-0.05, 0) is 19.8 Å². The number of piperazine rings is 1. The molecule has 0 atom stereocenters. The van der Waals surface area contributed by atoms with Gasteiger partial charge in [0.25, 0.3) is 0 Å². The summed E-state index contributed by atoms with van der Waals surface area (Å²) in [6.45, 7) is 7.02. The van der Waals surface area contributed by atoms with Gasteiger partial charge in [0.05, 0.1) is 6.54 Å². The van der Waals surface area contributed by atoms with E-state index in [0.29, 0.717) is 6.54 Å². The Morgan fingerprint density at radius 2 is 1.83 bits per heavy atom. The maximum atomic E-state index is 4.46. The van der Waals surface area contributed by atoms with E-state index in [1.165, 1.54) is 32.1 Å². The van der Waals surface area contributed by atoms with Crippen LogP contribution in [0, 0.1) is 6.92 Å². The van der Waals surface area contributed by atoms with Gasteiger partial charge in [-0.1, -0.05) is 19.3 Å². The molecule has 2 heterocycles. The maximum Gasteiger partial charge on any atom is 0.194 e. The van der Waals surface area contributed by atoms with Crippen LogP contribution in [0.15, 0.2) is 4.99 Å². The van der Waals surface area contributed by atoms with E-state index >= 15 is 0 Å². The van der Waals surface area contributed by atoms with Crippen LogP contribution in [0.5, 0.6) is 0 Å². The average Bonchev–Trinajstić information content (AvgIpc) is 2.96. The third-order valence-electron chi connectivity index (χ3n) is 5.50. The topological polar surface area (TPSA) is 61.6 Å². The molecule has 1 saturated carbocycles. The molecule has 0 bridgehead atoms. The molecule has 24 heavy (non-hydrogen) atoms. The molecular formula is C17H31N7. The van der Waals surface area contributed by atoms with Gasteiger partial charge in [-0.2, -0.15) is 0 Å². The van der Waals surface area contributed by atoms with Crippen molar-refractivity contribution < 1.29 is 0 Å². The molecule has 134 valence electrons. The van der Waals surface area contributed by atoms with Crippen LogP contribution in [0.3, 0.4) is 0 Å². The van der Waals surface area contributed by atoms with E-state index in [2.05, 4.69) is 30.3 Å². The molecule has 2 fully saturated rings. The Bertz CT molecular complexity index is 551. The van der Waals surface area contributed by atoms with Crippen LogP contribution >= 0.6 is 0 Å². The van der Waals surface area contributed by atoms with Crippen molar-refractivity contribution in [1.82, 2.24) is 29.9 Å². The molecule has 1 aliphatic heterocycles. The molecule has 1 aromatic rings. The van der Waals surface area contributed by atoms with Crippen molar-refractivity contribution >= 4 is 5.96 Å². The standard InChI is InChI=1S/C17H31N7/c1-14-20-21-16(22(14)3)13-19-17(18-2)24-11-9-23(10-12-24)15-7-5-4-6-8-15/h15H,4-13H2,1-3H3,(H,18,19). The first kappa shape index (κ1) is 17.2. The normalized spacial score (nSPS) is 21.3. The fourth-order valence-corrected chi connectivity index (χ4v) is 3.84. The van der Waals surface area contributed by atoms with E-state index in [0.717, 1.165) is 49.8 Å². The minimum Gasteiger partial charge on any atom is -0.349 e. The molecule has 0 spiro atoms. The summed E-state index contributed by atoms with van der Waals surface area (Å²) in [4.78, 5) is 9.51. The molecule has 1 aliphatic carbocycles. The van der Waals surface area contributed by atoms with Crippen LogP contribution in [0.4, 0.5) is 0 Å². The number of aromatic nitrogens is 3. The second-order valence-electron chi connectivity index (χ2n) is 6.94. The highest BCUT2D eigenvalue weighted by molar-refractivity contribution is 5.79. The second-order valence-corrected chi connectivity index (χ2v) is 6.94.